The fraction of sp³-hybridized carbons (Fsp3) is 0.750. The Morgan fingerprint density at radius 1 is 0.944 bits per heavy atom. The van der Waals surface area contributed by atoms with Crippen molar-refractivity contribution in [2.24, 2.45) is 5.92 Å². The highest BCUT2D eigenvalue weighted by molar-refractivity contribution is 5.89. The maximum atomic E-state index is 13.0. The number of ether oxygens (including phenoxy) is 5. The Balaban J connectivity index is 1.20. The van der Waals surface area contributed by atoms with Crippen molar-refractivity contribution >= 4 is 11.7 Å². The molecular formula is C28H42N2O6. The van der Waals surface area contributed by atoms with Crippen LogP contribution in [0.3, 0.4) is 0 Å². The first-order chi connectivity index (χ1) is 17.1. The van der Waals surface area contributed by atoms with Gasteiger partial charge in [-0.1, -0.05) is 31.9 Å². The average Bonchev–Trinajstić information content (AvgIpc) is 3.44. The van der Waals surface area contributed by atoms with Crippen molar-refractivity contribution < 1.29 is 28.5 Å². The van der Waals surface area contributed by atoms with Gasteiger partial charge in [-0.2, -0.15) is 0 Å². The van der Waals surface area contributed by atoms with Crippen molar-refractivity contribution in [3.63, 3.8) is 0 Å². The number of hydrogen-bond donors (Lipinski definition) is 2. The lowest BCUT2D eigenvalue weighted by atomic mass is 9.77. The van der Waals surface area contributed by atoms with Crippen molar-refractivity contribution in [1.82, 2.24) is 5.32 Å². The summed E-state index contributed by atoms with van der Waals surface area (Å²) in [6.45, 7) is 10.1. The van der Waals surface area contributed by atoms with Crippen molar-refractivity contribution in [3.05, 3.63) is 29.8 Å². The minimum atomic E-state index is -0.783. The number of hydrogen-bond acceptors (Lipinski definition) is 6. The molecule has 0 spiro atoms. The Kier molecular flexibility index (Phi) is 7.36. The molecule has 8 nitrogen and oxygen atoms in total. The summed E-state index contributed by atoms with van der Waals surface area (Å²) in [5.41, 5.74) is 2.12. The van der Waals surface area contributed by atoms with Crippen molar-refractivity contribution in [2.45, 2.75) is 121 Å². The zero-order valence-electron chi connectivity index (χ0n) is 22.3. The summed E-state index contributed by atoms with van der Waals surface area (Å²) in [5, 5.41) is 6.05. The van der Waals surface area contributed by atoms with E-state index >= 15 is 0 Å². The maximum absolute atomic E-state index is 13.0. The standard InChI is InChI=1S/C28H42N2O6/c1-6-7-17-8-10-18(11-9-17)19-12-14-20(15-13-19)29-26(31)30-22-23(21-16-32-27(2,3)34-21)33-25-24(22)35-28(4,5)36-25/h12-15,17-18,21-25H,6-11,16H2,1-5H3,(H2,29,30,31)/t17?,18?,21-,22-,23-,24-,25?/m1/s1. The van der Waals surface area contributed by atoms with Gasteiger partial charge in [0.1, 0.15) is 18.3 Å². The van der Waals surface area contributed by atoms with E-state index in [4.69, 9.17) is 23.7 Å². The Morgan fingerprint density at radius 3 is 2.31 bits per heavy atom. The second-order valence-corrected chi connectivity index (χ2v) is 11.7. The first kappa shape index (κ1) is 25.9. The van der Waals surface area contributed by atoms with Gasteiger partial charge in [0.25, 0.3) is 0 Å². The zero-order valence-corrected chi connectivity index (χ0v) is 22.3. The molecule has 5 rings (SSSR count). The van der Waals surface area contributed by atoms with Crippen molar-refractivity contribution in [1.29, 1.82) is 0 Å². The van der Waals surface area contributed by atoms with Gasteiger partial charge in [0.05, 0.1) is 12.6 Å². The van der Waals surface area contributed by atoms with Crippen LogP contribution in [0.5, 0.6) is 0 Å². The van der Waals surface area contributed by atoms with E-state index in [0.29, 0.717) is 12.5 Å². The van der Waals surface area contributed by atoms with Crippen molar-refractivity contribution in [2.75, 3.05) is 11.9 Å². The summed E-state index contributed by atoms with van der Waals surface area (Å²) in [6, 6.07) is 7.53. The van der Waals surface area contributed by atoms with Gasteiger partial charge in [-0.05, 0) is 82.9 Å². The number of amides is 2. The number of fused-ring (bicyclic) bond motifs is 1. The van der Waals surface area contributed by atoms with E-state index < -0.39 is 36.1 Å². The molecule has 4 fully saturated rings. The van der Waals surface area contributed by atoms with E-state index in [1.807, 2.05) is 39.8 Å². The quantitative estimate of drug-likeness (QED) is 0.551. The number of nitrogens with one attached hydrogen (secondary N) is 2. The molecular weight excluding hydrogens is 460 g/mol. The zero-order chi connectivity index (χ0) is 25.5. The van der Waals surface area contributed by atoms with Gasteiger partial charge in [0, 0.05) is 5.69 Å². The van der Waals surface area contributed by atoms with E-state index in [1.165, 1.54) is 44.1 Å². The van der Waals surface area contributed by atoms with E-state index in [2.05, 4.69) is 29.7 Å². The second-order valence-electron chi connectivity index (χ2n) is 11.7. The lowest BCUT2D eigenvalue weighted by Crippen LogP contribution is -2.53. The van der Waals surface area contributed by atoms with Gasteiger partial charge in [-0.3, -0.25) is 0 Å². The normalized spacial score (nSPS) is 37.0. The number of rotatable bonds is 6. The van der Waals surface area contributed by atoms with Crippen LogP contribution in [0.1, 0.15) is 84.6 Å². The summed E-state index contributed by atoms with van der Waals surface area (Å²) < 4.78 is 30.0. The molecule has 1 aromatic rings. The molecule has 2 amide bonds. The molecule has 1 unspecified atom stereocenters. The molecule has 1 aliphatic carbocycles. The molecule has 36 heavy (non-hydrogen) atoms. The van der Waals surface area contributed by atoms with Crippen LogP contribution in [0.2, 0.25) is 0 Å². The molecule has 8 heteroatoms. The van der Waals surface area contributed by atoms with Gasteiger partial charge in [0.2, 0.25) is 0 Å². The second kappa shape index (κ2) is 10.2. The van der Waals surface area contributed by atoms with E-state index in [9.17, 15) is 4.79 Å². The highest BCUT2D eigenvalue weighted by Gasteiger charge is 2.58. The van der Waals surface area contributed by atoms with Crippen molar-refractivity contribution in [3.8, 4) is 0 Å². The van der Waals surface area contributed by atoms with Crippen LogP contribution in [0.4, 0.5) is 10.5 Å². The van der Waals surface area contributed by atoms with Gasteiger partial charge < -0.3 is 34.3 Å². The molecule has 0 aromatic heterocycles. The topological polar surface area (TPSA) is 87.3 Å². The van der Waals surface area contributed by atoms with E-state index in [0.717, 1.165) is 11.6 Å². The highest BCUT2D eigenvalue weighted by Crippen LogP contribution is 2.41. The minimum absolute atomic E-state index is 0.312. The summed E-state index contributed by atoms with van der Waals surface area (Å²) in [7, 11) is 0. The molecule has 3 heterocycles. The van der Waals surface area contributed by atoms with E-state index in [-0.39, 0.29) is 12.1 Å². The lowest BCUT2D eigenvalue weighted by molar-refractivity contribution is -0.223. The Labute approximate surface area is 214 Å². The Morgan fingerprint density at radius 2 is 1.67 bits per heavy atom. The van der Waals surface area contributed by atoms with Gasteiger partial charge in [-0.25, -0.2) is 4.79 Å². The Hall–Kier alpha value is -1.71. The first-order valence-electron chi connectivity index (χ1n) is 13.6. The number of anilines is 1. The maximum Gasteiger partial charge on any atom is 0.319 e. The fourth-order valence-electron chi connectivity index (χ4n) is 6.24. The molecule has 1 aromatic carbocycles. The van der Waals surface area contributed by atoms with Crippen LogP contribution in [0.15, 0.2) is 24.3 Å². The third-order valence-corrected chi connectivity index (χ3v) is 7.97. The Bertz CT molecular complexity index is 911. The molecule has 3 aliphatic heterocycles. The highest BCUT2D eigenvalue weighted by atomic mass is 16.8. The van der Waals surface area contributed by atoms with Crippen LogP contribution in [-0.2, 0) is 23.7 Å². The van der Waals surface area contributed by atoms with Crippen LogP contribution in [0.25, 0.3) is 0 Å². The van der Waals surface area contributed by atoms with E-state index in [1.54, 1.807) is 0 Å². The number of benzene rings is 1. The summed E-state index contributed by atoms with van der Waals surface area (Å²) in [5.74, 6) is 0.0337. The molecule has 0 bridgehead atoms. The monoisotopic (exact) mass is 502 g/mol. The molecule has 2 N–H and O–H groups in total. The SMILES string of the molecule is CCCC1CCC(c2ccc(NC(=O)N[C@@H]3[C@@H]([C@H]4COC(C)(C)O4)OC4OC(C)(C)O[C@@H]43)cc2)CC1. The molecule has 1 saturated carbocycles. The number of urea groups is 1. The van der Waals surface area contributed by atoms with Crippen LogP contribution < -0.4 is 10.6 Å². The fourth-order valence-corrected chi connectivity index (χ4v) is 6.24. The van der Waals surface area contributed by atoms with Crippen LogP contribution in [-0.4, -0.2) is 54.9 Å². The average molecular weight is 503 g/mol. The summed E-state index contributed by atoms with van der Waals surface area (Å²) in [6.07, 6.45) is 5.99. The first-order valence-corrected chi connectivity index (χ1v) is 13.6. The predicted octanol–water partition coefficient (Wildman–Crippen LogP) is 5.28. The number of carbonyl (C=O) groups is 1. The van der Waals surface area contributed by atoms with Crippen LogP contribution >= 0.6 is 0 Å². The third kappa shape index (κ3) is 5.73. The van der Waals surface area contributed by atoms with Gasteiger partial charge in [0.15, 0.2) is 17.9 Å². The third-order valence-electron chi connectivity index (χ3n) is 7.97. The van der Waals surface area contributed by atoms with Gasteiger partial charge >= 0.3 is 6.03 Å². The minimum Gasteiger partial charge on any atom is -0.348 e. The molecule has 5 atom stereocenters. The largest absolute Gasteiger partial charge is 0.348 e. The number of carbonyl (C=O) groups excluding carboxylic acids is 1. The molecule has 200 valence electrons. The summed E-state index contributed by atoms with van der Waals surface area (Å²) in [4.78, 5) is 13.0. The smallest absolute Gasteiger partial charge is 0.319 e. The molecule has 0 radical (unpaired) electrons. The molecule has 4 aliphatic rings. The summed E-state index contributed by atoms with van der Waals surface area (Å²) >= 11 is 0. The lowest BCUT2D eigenvalue weighted by Gasteiger charge is -2.29. The van der Waals surface area contributed by atoms with Gasteiger partial charge in [-0.15, -0.1) is 0 Å². The molecule has 3 saturated heterocycles. The predicted molar refractivity (Wildman–Crippen MR) is 136 cm³/mol. The van der Waals surface area contributed by atoms with Crippen LogP contribution in [0, 0.1) is 5.92 Å².